The van der Waals surface area contributed by atoms with Crippen LogP contribution in [0.1, 0.15) is 0 Å². The molecule has 0 aromatic carbocycles. The minimum absolute atomic E-state index is 0.271. The second kappa shape index (κ2) is 4.37. The third-order valence-corrected chi connectivity index (χ3v) is 5.02. The van der Waals surface area contributed by atoms with Crippen molar-refractivity contribution in [1.82, 2.24) is 15.2 Å². The van der Waals surface area contributed by atoms with Gasteiger partial charge in [-0.2, -0.15) is 10.1 Å². The molecule has 0 radical (unpaired) electrons. The highest BCUT2D eigenvalue weighted by atomic mass is 79.9. The largest absolute Gasteiger partial charge is 0.296 e. The molecule has 86 valence electrons. The SMILES string of the molecule is O=S(=O)(Cl)c1nc(-c2cc(Br)sc2Br)n[nH]1. The number of halogens is 3. The zero-order valence-corrected chi connectivity index (χ0v) is 12.8. The van der Waals surface area contributed by atoms with Gasteiger partial charge in [0.25, 0.3) is 14.2 Å². The normalized spacial score (nSPS) is 11.9. The molecule has 0 aliphatic rings. The monoisotopic (exact) mass is 405 g/mol. The molecule has 2 rings (SSSR count). The van der Waals surface area contributed by atoms with Crippen molar-refractivity contribution >= 4 is 62.9 Å². The Morgan fingerprint density at radius 2 is 2.12 bits per heavy atom. The summed E-state index contributed by atoms with van der Waals surface area (Å²) in [7, 11) is 1.25. The van der Waals surface area contributed by atoms with Crippen molar-refractivity contribution < 1.29 is 8.42 Å². The topological polar surface area (TPSA) is 75.7 Å². The summed E-state index contributed by atoms with van der Waals surface area (Å²) >= 11 is 8.07. The Hall–Kier alpha value is 0.0400. The quantitative estimate of drug-likeness (QED) is 0.777. The van der Waals surface area contributed by atoms with Crippen molar-refractivity contribution in [1.29, 1.82) is 0 Å². The lowest BCUT2D eigenvalue weighted by atomic mass is 10.3. The fraction of sp³-hybridized carbons (Fsp3) is 0. The molecule has 0 bridgehead atoms. The van der Waals surface area contributed by atoms with E-state index in [1.54, 1.807) is 6.07 Å². The number of hydrogen-bond donors (Lipinski definition) is 1. The van der Waals surface area contributed by atoms with Crippen molar-refractivity contribution in [3.05, 3.63) is 13.6 Å². The average molecular weight is 407 g/mol. The van der Waals surface area contributed by atoms with Crippen LogP contribution in [0.25, 0.3) is 11.4 Å². The van der Waals surface area contributed by atoms with Crippen molar-refractivity contribution in [3.63, 3.8) is 0 Å². The molecule has 0 aliphatic carbocycles. The number of rotatable bonds is 2. The molecule has 0 saturated heterocycles. The first-order valence-electron chi connectivity index (χ1n) is 3.70. The molecule has 10 heteroatoms. The van der Waals surface area contributed by atoms with E-state index in [9.17, 15) is 8.42 Å². The maximum Gasteiger partial charge on any atom is 0.296 e. The number of hydrogen-bond acceptors (Lipinski definition) is 5. The number of H-pyrrole nitrogens is 1. The third-order valence-electron chi connectivity index (χ3n) is 1.59. The number of aromatic amines is 1. The zero-order valence-electron chi connectivity index (χ0n) is 7.24. The van der Waals surface area contributed by atoms with Crippen molar-refractivity contribution in [2.24, 2.45) is 0 Å². The Labute approximate surface area is 116 Å². The molecule has 1 N–H and O–H groups in total. The Morgan fingerprint density at radius 3 is 2.56 bits per heavy atom. The molecule has 0 spiro atoms. The first kappa shape index (κ1) is 12.5. The summed E-state index contributed by atoms with van der Waals surface area (Å²) in [4.78, 5) is 3.80. The van der Waals surface area contributed by atoms with Gasteiger partial charge in [-0.1, -0.05) is 0 Å². The minimum atomic E-state index is -3.88. The van der Waals surface area contributed by atoms with Gasteiger partial charge >= 0.3 is 0 Å². The summed E-state index contributed by atoms with van der Waals surface area (Å²) in [5.74, 6) is 0.271. The van der Waals surface area contributed by atoms with Crippen LogP contribution in [0.3, 0.4) is 0 Å². The summed E-state index contributed by atoms with van der Waals surface area (Å²) in [5, 5.41) is 5.69. The Kier molecular flexibility index (Phi) is 3.41. The third kappa shape index (κ3) is 2.48. The number of nitrogens with zero attached hydrogens (tertiary/aromatic N) is 2. The van der Waals surface area contributed by atoms with Crippen LogP contribution in [0.15, 0.2) is 18.8 Å². The highest BCUT2D eigenvalue weighted by molar-refractivity contribution is 9.12. The smallest absolute Gasteiger partial charge is 0.248 e. The molecular weight excluding hydrogens is 405 g/mol. The molecule has 2 aromatic heterocycles. The predicted molar refractivity (Wildman–Crippen MR) is 68.1 cm³/mol. The Balaban J connectivity index is 2.51. The van der Waals surface area contributed by atoms with Gasteiger partial charge in [0.2, 0.25) is 0 Å². The van der Waals surface area contributed by atoms with Crippen molar-refractivity contribution in [3.8, 4) is 11.4 Å². The van der Waals surface area contributed by atoms with E-state index >= 15 is 0 Å². The van der Waals surface area contributed by atoms with Crippen LogP contribution in [0.2, 0.25) is 0 Å². The van der Waals surface area contributed by atoms with Gasteiger partial charge in [-0.3, -0.25) is 0 Å². The van der Waals surface area contributed by atoms with Gasteiger partial charge in [-0.25, -0.2) is 13.5 Å². The second-order valence-corrected chi connectivity index (χ2v) is 8.87. The van der Waals surface area contributed by atoms with E-state index < -0.39 is 9.05 Å². The molecule has 0 atom stereocenters. The van der Waals surface area contributed by atoms with Gasteiger partial charge in [0, 0.05) is 16.2 Å². The number of thiophene rings is 1. The van der Waals surface area contributed by atoms with E-state index in [4.69, 9.17) is 10.7 Å². The van der Waals surface area contributed by atoms with Gasteiger partial charge in [-0.15, -0.1) is 11.3 Å². The fourth-order valence-corrected chi connectivity index (χ4v) is 4.32. The molecule has 0 fully saturated rings. The maximum absolute atomic E-state index is 11.0. The molecule has 0 aliphatic heterocycles. The van der Waals surface area contributed by atoms with Crippen molar-refractivity contribution in [2.75, 3.05) is 0 Å². The molecule has 16 heavy (non-hydrogen) atoms. The van der Waals surface area contributed by atoms with Gasteiger partial charge in [0.1, 0.15) is 0 Å². The van der Waals surface area contributed by atoms with E-state index in [1.165, 1.54) is 11.3 Å². The standard InChI is InChI=1S/C6H2Br2ClN3O2S2/c7-3-1-2(4(8)15-3)5-10-6(12-11-5)16(9,13)14/h1H,(H,10,11,12). The maximum atomic E-state index is 11.0. The van der Waals surface area contributed by atoms with Crippen LogP contribution in [0.4, 0.5) is 0 Å². The fourth-order valence-electron chi connectivity index (χ4n) is 0.969. The molecule has 0 amide bonds. The summed E-state index contributed by atoms with van der Waals surface area (Å²) in [6.07, 6.45) is 0. The number of nitrogens with one attached hydrogen (secondary N) is 1. The summed E-state index contributed by atoms with van der Waals surface area (Å²) in [5.41, 5.74) is 0.694. The zero-order chi connectivity index (χ0) is 11.9. The molecule has 2 aromatic rings. The molecule has 5 nitrogen and oxygen atoms in total. The van der Waals surface area contributed by atoms with Gasteiger partial charge in [0.15, 0.2) is 5.82 Å². The van der Waals surface area contributed by atoms with E-state index in [0.29, 0.717) is 5.56 Å². The van der Waals surface area contributed by atoms with E-state index in [0.717, 1.165) is 7.57 Å². The average Bonchev–Trinajstić information content (AvgIpc) is 2.70. The summed E-state index contributed by atoms with van der Waals surface area (Å²) in [6, 6.07) is 1.78. The van der Waals surface area contributed by atoms with Crippen LogP contribution in [0, 0.1) is 0 Å². The first-order valence-corrected chi connectivity index (χ1v) is 8.41. The van der Waals surface area contributed by atoms with Crippen LogP contribution >= 0.6 is 53.9 Å². The molecule has 0 saturated carbocycles. The van der Waals surface area contributed by atoms with E-state index in [-0.39, 0.29) is 11.0 Å². The molecular formula is C6H2Br2ClN3O2S2. The lowest BCUT2D eigenvalue weighted by molar-refractivity contribution is 0.602. The van der Waals surface area contributed by atoms with E-state index in [1.807, 2.05) is 0 Å². The number of aromatic nitrogens is 3. The van der Waals surface area contributed by atoms with Crippen LogP contribution in [-0.4, -0.2) is 23.6 Å². The van der Waals surface area contributed by atoms with Gasteiger partial charge in [-0.05, 0) is 37.9 Å². The van der Waals surface area contributed by atoms with Gasteiger partial charge in [0.05, 0.1) is 7.57 Å². The predicted octanol–water partition coefficient (Wildman–Crippen LogP) is 2.99. The van der Waals surface area contributed by atoms with Gasteiger partial charge < -0.3 is 0 Å². The lowest BCUT2D eigenvalue weighted by Gasteiger charge is -1.88. The lowest BCUT2D eigenvalue weighted by Crippen LogP contribution is -1.92. The highest BCUT2D eigenvalue weighted by Crippen LogP contribution is 2.37. The van der Waals surface area contributed by atoms with Crippen LogP contribution < -0.4 is 0 Å². The summed E-state index contributed by atoms with van der Waals surface area (Å²) in [6.45, 7) is 0. The Morgan fingerprint density at radius 1 is 1.44 bits per heavy atom. The molecule has 0 unspecified atom stereocenters. The van der Waals surface area contributed by atoms with E-state index in [2.05, 4.69) is 47.0 Å². The summed E-state index contributed by atoms with van der Waals surface area (Å²) < 4.78 is 23.6. The second-order valence-electron chi connectivity index (χ2n) is 2.64. The highest BCUT2D eigenvalue weighted by Gasteiger charge is 2.19. The Bertz CT molecular complexity index is 636. The molecule has 2 heterocycles. The minimum Gasteiger partial charge on any atom is -0.248 e. The van der Waals surface area contributed by atoms with Crippen LogP contribution in [0.5, 0.6) is 0 Å². The van der Waals surface area contributed by atoms with Crippen molar-refractivity contribution in [2.45, 2.75) is 5.16 Å². The first-order chi connectivity index (χ1) is 7.38. The van der Waals surface area contributed by atoms with Crippen LogP contribution in [-0.2, 0) is 9.05 Å².